The van der Waals surface area contributed by atoms with E-state index in [0.717, 1.165) is 31.4 Å². The van der Waals surface area contributed by atoms with Gasteiger partial charge in [-0.05, 0) is 55.7 Å². The van der Waals surface area contributed by atoms with Crippen LogP contribution in [0.15, 0.2) is 59.8 Å². The highest BCUT2D eigenvalue weighted by atomic mass is 19.4. The summed E-state index contributed by atoms with van der Waals surface area (Å²) >= 11 is 0. The van der Waals surface area contributed by atoms with Crippen molar-refractivity contribution in [2.45, 2.75) is 65.1 Å². The molecule has 2 amide bonds. The van der Waals surface area contributed by atoms with Crippen molar-refractivity contribution < 1.29 is 32.3 Å². The molecule has 1 aliphatic heterocycles. The molecule has 2 aromatic carbocycles. The standard InChI is InChI=1S/C29H33F3N2O4/c1-4-6-7-15-33-27(36)22-10-8-9-20(16-22)18-34-19(3)26(28(37)38-5-2)24(17-25(34)35)21-11-13-23(14-12-21)29(30,31)32/h8-14,16,24H,4-7,15,17-18H2,1-3H3,(H,33,36). The summed E-state index contributed by atoms with van der Waals surface area (Å²) in [5.41, 5.74) is 1.40. The molecule has 0 saturated carbocycles. The number of nitrogens with zero attached hydrogens (tertiary/aromatic N) is 1. The van der Waals surface area contributed by atoms with Gasteiger partial charge in [0, 0.05) is 30.1 Å². The van der Waals surface area contributed by atoms with Gasteiger partial charge in [-0.25, -0.2) is 4.79 Å². The largest absolute Gasteiger partial charge is 0.463 e. The van der Waals surface area contributed by atoms with E-state index in [-0.39, 0.29) is 37.0 Å². The number of nitrogens with one attached hydrogen (secondary N) is 1. The van der Waals surface area contributed by atoms with Crippen LogP contribution in [-0.2, 0) is 27.0 Å². The number of benzene rings is 2. The van der Waals surface area contributed by atoms with Crippen molar-refractivity contribution in [1.82, 2.24) is 10.2 Å². The van der Waals surface area contributed by atoms with E-state index in [1.807, 2.05) is 0 Å². The van der Waals surface area contributed by atoms with Crippen LogP contribution in [0.5, 0.6) is 0 Å². The van der Waals surface area contributed by atoms with Gasteiger partial charge < -0.3 is 15.0 Å². The summed E-state index contributed by atoms with van der Waals surface area (Å²) in [7, 11) is 0. The summed E-state index contributed by atoms with van der Waals surface area (Å²) in [5.74, 6) is -1.84. The van der Waals surface area contributed by atoms with Gasteiger partial charge in [-0.15, -0.1) is 0 Å². The lowest BCUT2D eigenvalue weighted by Gasteiger charge is -2.34. The van der Waals surface area contributed by atoms with Crippen LogP contribution in [0.4, 0.5) is 13.2 Å². The molecule has 0 spiro atoms. The second kappa shape index (κ2) is 12.8. The van der Waals surface area contributed by atoms with E-state index in [1.165, 1.54) is 17.0 Å². The molecular weight excluding hydrogens is 497 g/mol. The highest BCUT2D eigenvalue weighted by Crippen LogP contribution is 2.39. The molecule has 9 heteroatoms. The topological polar surface area (TPSA) is 75.7 Å². The Kier molecular flexibility index (Phi) is 9.72. The number of halogens is 3. The highest BCUT2D eigenvalue weighted by molar-refractivity contribution is 5.96. The molecule has 1 aliphatic rings. The smallest absolute Gasteiger partial charge is 0.416 e. The Morgan fingerprint density at radius 3 is 2.42 bits per heavy atom. The number of hydrogen-bond acceptors (Lipinski definition) is 4. The molecule has 1 atom stereocenters. The first-order valence-electron chi connectivity index (χ1n) is 12.8. The Bertz CT molecular complexity index is 1190. The third kappa shape index (κ3) is 7.02. The minimum atomic E-state index is -4.49. The van der Waals surface area contributed by atoms with Crippen LogP contribution in [0.25, 0.3) is 0 Å². The molecule has 0 saturated heterocycles. The van der Waals surface area contributed by atoms with Crippen molar-refractivity contribution in [1.29, 1.82) is 0 Å². The van der Waals surface area contributed by atoms with Crippen molar-refractivity contribution in [3.63, 3.8) is 0 Å². The zero-order valence-electron chi connectivity index (χ0n) is 21.9. The third-order valence-corrected chi connectivity index (χ3v) is 6.55. The van der Waals surface area contributed by atoms with Gasteiger partial charge in [-0.1, -0.05) is 44.0 Å². The van der Waals surface area contributed by atoms with Gasteiger partial charge in [-0.3, -0.25) is 9.59 Å². The summed E-state index contributed by atoms with van der Waals surface area (Å²) in [6.45, 7) is 6.19. The van der Waals surface area contributed by atoms with Gasteiger partial charge in [0.25, 0.3) is 5.91 Å². The van der Waals surface area contributed by atoms with E-state index in [2.05, 4.69) is 12.2 Å². The molecule has 0 bridgehead atoms. The number of amides is 2. The predicted octanol–water partition coefficient (Wildman–Crippen LogP) is 5.98. The maximum absolute atomic E-state index is 13.2. The van der Waals surface area contributed by atoms with Crippen molar-refractivity contribution in [2.24, 2.45) is 0 Å². The van der Waals surface area contributed by atoms with Gasteiger partial charge in [0.15, 0.2) is 0 Å². The molecule has 2 aromatic rings. The number of rotatable bonds is 10. The quantitative estimate of drug-likeness (QED) is 0.303. The molecule has 1 heterocycles. The molecule has 0 fully saturated rings. The van der Waals surface area contributed by atoms with Crippen molar-refractivity contribution in [3.05, 3.63) is 82.1 Å². The Labute approximate surface area is 220 Å². The van der Waals surface area contributed by atoms with Crippen LogP contribution in [0.1, 0.15) is 79.4 Å². The van der Waals surface area contributed by atoms with Crippen LogP contribution >= 0.6 is 0 Å². The van der Waals surface area contributed by atoms with Crippen molar-refractivity contribution in [2.75, 3.05) is 13.2 Å². The summed E-state index contributed by atoms with van der Waals surface area (Å²) in [6, 6.07) is 11.4. The molecular formula is C29H33F3N2O4. The SMILES string of the molecule is CCCCCNC(=O)c1cccc(CN2C(=O)CC(c3ccc(C(F)(F)F)cc3)C(C(=O)OCC)=C2C)c1. The van der Waals surface area contributed by atoms with E-state index in [1.54, 1.807) is 38.1 Å². The summed E-state index contributed by atoms with van der Waals surface area (Å²) in [4.78, 5) is 40.2. The maximum Gasteiger partial charge on any atom is 0.416 e. The fourth-order valence-corrected chi connectivity index (χ4v) is 4.54. The summed E-state index contributed by atoms with van der Waals surface area (Å²) < 4.78 is 44.4. The van der Waals surface area contributed by atoms with Gasteiger partial charge in [0.05, 0.1) is 24.3 Å². The van der Waals surface area contributed by atoms with Crippen LogP contribution in [0.2, 0.25) is 0 Å². The number of allylic oxidation sites excluding steroid dienone is 1. The number of unbranched alkanes of at least 4 members (excludes halogenated alkanes) is 2. The first-order chi connectivity index (χ1) is 18.1. The zero-order chi connectivity index (χ0) is 27.9. The van der Waals surface area contributed by atoms with Gasteiger partial charge >= 0.3 is 12.1 Å². The van der Waals surface area contributed by atoms with Gasteiger partial charge in [-0.2, -0.15) is 13.2 Å². The molecule has 6 nitrogen and oxygen atoms in total. The van der Waals surface area contributed by atoms with E-state index in [4.69, 9.17) is 4.74 Å². The third-order valence-electron chi connectivity index (χ3n) is 6.55. The fraction of sp³-hybridized carbons (Fsp3) is 0.414. The Balaban J connectivity index is 1.89. The van der Waals surface area contributed by atoms with Gasteiger partial charge in [0.2, 0.25) is 5.91 Å². The molecule has 38 heavy (non-hydrogen) atoms. The Hall–Kier alpha value is -3.62. The highest BCUT2D eigenvalue weighted by Gasteiger charge is 2.37. The molecule has 1 N–H and O–H groups in total. The summed E-state index contributed by atoms with van der Waals surface area (Å²) in [5, 5.41) is 2.89. The summed E-state index contributed by atoms with van der Waals surface area (Å²) in [6.07, 6.45) is -1.62. The number of carbonyl (C=O) groups is 3. The van der Waals surface area contributed by atoms with Crippen LogP contribution in [0.3, 0.4) is 0 Å². The first kappa shape index (κ1) is 28.9. The number of esters is 1. The maximum atomic E-state index is 13.2. The molecule has 0 radical (unpaired) electrons. The van der Waals surface area contributed by atoms with E-state index >= 15 is 0 Å². The molecule has 1 unspecified atom stereocenters. The number of hydrogen-bond donors (Lipinski definition) is 1. The number of ether oxygens (including phenoxy) is 1. The minimum Gasteiger partial charge on any atom is -0.463 e. The minimum absolute atomic E-state index is 0.103. The normalized spacial score (nSPS) is 16.0. The molecule has 204 valence electrons. The van der Waals surface area contributed by atoms with Crippen LogP contribution in [0, 0.1) is 0 Å². The van der Waals surface area contributed by atoms with E-state index < -0.39 is 23.6 Å². The zero-order valence-corrected chi connectivity index (χ0v) is 21.9. The average Bonchev–Trinajstić information content (AvgIpc) is 2.88. The predicted molar refractivity (Wildman–Crippen MR) is 137 cm³/mol. The Morgan fingerprint density at radius 2 is 1.79 bits per heavy atom. The number of alkyl halides is 3. The van der Waals surface area contributed by atoms with Crippen molar-refractivity contribution >= 4 is 17.8 Å². The van der Waals surface area contributed by atoms with Crippen LogP contribution in [-0.4, -0.2) is 35.8 Å². The molecule has 0 aromatic heterocycles. The van der Waals surface area contributed by atoms with Gasteiger partial charge in [0.1, 0.15) is 0 Å². The second-order valence-corrected chi connectivity index (χ2v) is 9.24. The lowest BCUT2D eigenvalue weighted by atomic mass is 9.83. The van der Waals surface area contributed by atoms with E-state index in [9.17, 15) is 27.6 Å². The van der Waals surface area contributed by atoms with Crippen LogP contribution < -0.4 is 5.32 Å². The average molecular weight is 531 g/mol. The number of carbonyl (C=O) groups excluding carboxylic acids is 3. The molecule has 0 aliphatic carbocycles. The molecule has 3 rings (SSSR count). The van der Waals surface area contributed by atoms with E-state index in [0.29, 0.717) is 28.9 Å². The fourth-order valence-electron chi connectivity index (χ4n) is 4.54. The first-order valence-corrected chi connectivity index (χ1v) is 12.8. The Morgan fingerprint density at radius 1 is 1.08 bits per heavy atom. The second-order valence-electron chi connectivity index (χ2n) is 9.24. The lowest BCUT2D eigenvalue weighted by Crippen LogP contribution is -2.38. The monoisotopic (exact) mass is 530 g/mol. The lowest BCUT2D eigenvalue weighted by molar-refractivity contribution is -0.140. The van der Waals surface area contributed by atoms with Crippen molar-refractivity contribution in [3.8, 4) is 0 Å².